The second-order valence-electron chi connectivity index (χ2n) is 8.16. The van der Waals surface area contributed by atoms with Gasteiger partial charge in [0.2, 0.25) is 0 Å². The normalized spacial score (nSPS) is 17.4. The number of anilines is 1. The molecule has 0 aliphatic carbocycles. The summed E-state index contributed by atoms with van der Waals surface area (Å²) in [6.07, 6.45) is -2.57. The molecule has 5 rings (SSSR count). The number of nitrogens with two attached hydrogens (primary N) is 1. The van der Waals surface area contributed by atoms with Gasteiger partial charge in [-0.3, -0.25) is 9.89 Å². The number of nitrogen functional groups attached to an aromatic ring is 1. The molecule has 1 aliphatic rings. The first-order chi connectivity index (χ1) is 15.2. The number of halogens is 3. The van der Waals surface area contributed by atoms with E-state index in [1.165, 1.54) is 0 Å². The minimum atomic E-state index is -4.63. The van der Waals surface area contributed by atoms with E-state index < -0.39 is 17.8 Å². The first-order valence-corrected chi connectivity index (χ1v) is 10.3. The number of amides is 1. The number of piperidine rings is 1. The van der Waals surface area contributed by atoms with E-state index >= 15 is 0 Å². The van der Waals surface area contributed by atoms with Gasteiger partial charge in [-0.05, 0) is 49.9 Å². The van der Waals surface area contributed by atoms with Crippen LogP contribution in [0.3, 0.4) is 0 Å². The molecule has 0 bridgehead atoms. The Kier molecular flexibility index (Phi) is 4.61. The maximum Gasteiger partial charge on any atom is 0.417 e. The molecule has 1 amide bonds. The van der Waals surface area contributed by atoms with Crippen molar-refractivity contribution >= 4 is 33.7 Å². The Balaban J connectivity index is 1.58. The van der Waals surface area contributed by atoms with Crippen molar-refractivity contribution in [1.29, 1.82) is 0 Å². The molecule has 166 valence electrons. The third-order valence-electron chi connectivity index (χ3n) is 6.09. The quantitative estimate of drug-likeness (QED) is 0.418. The van der Waals surface area contributed by atoms with Gasteiger partial charge >= 0.3 is 6.18 Å². The zero-order valence-electron chi connectivity index (χ0n) is 17.3. The van der Waals surface area contributed by atoms with Gasteiger partial charge in [-0.25, -0.2) is 4.98 Å². The van der Waals surface area contributed by atoms with E-state index in [1.54, 1.807) is 11.0 Å². The fourth-order valence-corrected chi connectivity index (χ4v) is 4.52. The zero-order chi connectivity index (χ0) is 22.6. The molecule has 3 aromatic heterocycles. The predicted molar refractivity (Wildman–Crippen MR) is 114 cm³/mol. The van der Waals surface area contributed by atoms with E-state index in [1.807, 2.05) is 25.1 Å². The SMILES string of the molecule is Cc1cccc2[nH]c(C(=O)N3CCCCC3c3cc(C(F)(F)F)c4c(N)[nH]nc4n3)cc12. The number of alkyl halides is 3. The summed E-state index contributed by atoms with van der Waals surface area (Å²) in [5.74, 6) is -0.446. The third-order valence-corrected chi connectivity index (χ3v) is 6.09. The van der Waals surface area contributed by atoms with Gasteiger partial charge in [0.05, 0.1) is 22.7 Å². The summed E-state index contributed by atoms with van der Waals surface area (Å²) in [5, 5.41) is 6.91. The number of aryl methyl sites for hydroxylation is 1. The summed E-state index contributed by atoms with van der Waals surface area (Å²) in [6.45, 7) is 2.39. The number of rotatable bonds is 2. The van der Waals surface area contributed by atoms with Crippen LogP contribution >= 0.6 is 0 Å². The molecule has 7 nitrogen and oxygen atoms in total. The molecule has 4 heterocycles. The summed E-state index contributed by atoms with van der Waals surface area (Å²) in [4.78, 5) is 22.5. The topological polar surface area (TPSA) is 104 Å². The Morgan fingerprint density at radius 3 is 2.81 bits per heavy atom. The molecule has 0 radical (unpaired) electrons. The Hall–Kier alpha value is -3.56. The van der Waals surface area contributed by atoms with Crippen molar-refractivity contribution in [2.24, 2.45) is 0 Å². The predicted octanol–water partition coefficient (Wildman–Crippen LogP) is 4.72. The van der Waals surface area contributed by atoms with Crippen LogP contribution in [-0.4, -0.2) is 37.5 Å². The fraction of sp³-hybridized carbons (Fsp3) is 0.318. The molecule has 1 atom stereocenters. The van der Waals surface area contributed by atoms with Gasteiger partial charge in [0.15, 0.2) is 5.65 Å². The van der Waals surface area contributed by atoms with Crippen LogP contribution in [0.1, 0.15) is 52.6 Å². The van der Waals surface area contributed by atoms with Gasteiger partial charge in [0, 0.05) is 17.4 Å². The van der Waals surface area contributed by atoms with E-state index in [4.69, 9.17) is 5.73 Å². The second kappa shape index (κ2) is 7.25. The van der Waals surface area contributed by atoms with E-state index in [0.29, 0.717) is 18.7 Å². The maximum atomic E-state index is 13.8. The van der Waals surface area contributed by atoms with Crippen molar-refractivity contribution in [1.82, 2.24) is 25.1 Å². The van der Waals surface area contributed by atoms with Crippen LogP contribution in [-0.2, 0) is 6.18 Å². The molecule has 1 fully saturated rings. The number of H-pyrrole nitrogens is 2. The molecular formula is C22H21F3N6O. The van der Waals surface area contributed by atoms with Gasteiger partial charge in [0.1, 0.15) is 11.5 Å². The molecule has 32 heavy (non-hydrogen) atoms. The lowest BCUT2D eigenvalue weighted by Crippen LogP contribution is -2.39. The molecule has 0 spiro atoms. The molecule has 1 aliphatic heterocycles. The standard InChI is InChI=1S/C22H21F3N6O/c1-11-5-4-6-14-12(11)9-16(27-14)21(32)31-8-3-2-7-17(31)15-10-13(22(23,24)25)18-19(26)29-30-20(18)28-15/h4-6,9-10,17,27H,2-3,7-8H2,1H3,(H3,26,28,29,30). The third kappa shape index (κ3) is 3.26. The van der Waals surface area contributed by atoms with E-state index in [2.05, 4.69) is 20.2 Å². The van der Waals surface area contributed by atoms with Gasteiger partial charge in [-0.2, -0.15) is 18.3 Å². The number of hydrogen-bond acceptors (Lipinski definition) is 4. The first-order valence-electron chi connectivity index (χ1n) is 10.3. The van der Waals surface area contributed by atoms with Gasteiger partial charge in [-0.15, -0.1) is 0 Å². The van der Waals surface area contributed by atoms with Crippen molar-refractivity contribution in [3.8, 4) is 0 Å². The number of benzene rings is 1. The summed E-state index contributed by atoms with van der Waals surface area (Å²) < 4.78 is 41.4. The number of likely N-dealkylation sites (tertiary alicyclic amines) is 1. The summed E-state index contributed by atoms with van der Waals surface area (Å²) >= 11 is 0. The lowest BCUT2D eigenvalue weighted by atomic mass is 9.96. The molecule has 10 heteroatoms. The van der Waals surface area contributed by atoms with Crippen molar-refractivity contribution in [3.63, 3.8) is 0 Å². The molecule has 0 saturated carbocycles. The summed E-state index contributed by atoms with van der Waals surface area (Å²) in [7, 11) is 0. The number of nitrogens with one attached hydrogen (secondary N) is 2. The van der Waals surface area contributed by atoms with E-state index in [0.717, 1.165) is 35.4 Å². The number of pyridine rings is 1. The average molecular weight is 442 g/mol. The highest BCUT2D eigenvalue weighted by molar-refractivity contribution is 5.99. The largest absolute Gasteiger partial charge is 0.417 e. The molecule has 4 aromatic rings. The smallest absolute Gasteiger partial charge is 0.383 e. The van der Waals surface area contributed by atoms with Gasteiger partial charge in [-0.1, -0.05) is 12.1 Å². The monoisotopic (exact) mass is 442 g/mol. The number of aromatic amines is 2. The van der Waals surface area contributed by atoms with Crippen molar-refractivity contribution < 1.29 is 18.0 Å². The lowest BCUT2D eigenvalue weighted by molar-refractivity contribution is -0.136. The minimum absolute atomic E-state index is 0.105. The van der Waals surface area contributed by atoms with Gasteiger partial charge in [0.25, 0.3) is 5.91 Å². The fourth-order valence-electron chi connectivity index (χ4n) is 4.52. The molecule has 1 aromatic carbocycles. The van der Waals surface area contributed by atoms with Crippen LogP contribution in [0.5, 0.6) is 0 Å². The van der Waals surface area contributed by atoms with Crippen LogP contribution < -0.4 is 5.73 Å². The highest BCUT2D eigenvalue weighted by Gasteiger charge is 2.38. The number of aromatic nitrogens is 4. The van der Waals surface area contributed by atoms with Crippen LogP contribution in [0, 0.1) is 6.92 Å². The Bertz CT molecular complexity index is 1340. The van der Waals surface area contributed by atoms with Crippen molar-refractivity contribution in [2.45, 2.75) is 38.4 Å². The van der Waals surface area contributed by atoms with Crippen molar-refractivity contribution in [3.05, 3.63) is 52.8 Å². The van der Waals surface area contributed by atoms with Crippen LogP contribution in [0.4, 0.5) is 19.0 Å². The van der Waals surface area contributed by atoms with E-state index in [-0.39, 0.29) is 28.5 Å². The highest BCUT2D eigenvalue weighted by Crippen LogP contribution is 2.40. The second-order valence-corrected chi connectivity index (χ2v) is 8.16. The highest BCUT2D eigenvalue weighted by atomic mass is 19.4. The number of nitrogens with zero attached hydrogens (tertiary/aromatic N) is 3. The lowest BCUT2D eigenvalue weighted by Gasteiger charge is -2.35. The Labute approximate surface area is 180 Å². The Morgan fingerprint density at radius 1 is 1.25 bits per heavy atom. The molecule has 1 unspecified atom stereocenters. The number of hydrogen-bond donors (Lipinski definition) is 3. The zero-order valence-corrected chi connectivity index (χ0v) is 17.3. The molecular weight excluding hydrogens is 421 g/mol. The summed E-state index contributed by atoms with van der Waals surface area (Å²) in [5.41, 5.74) is 7.11. The van der Waals surface area contributed by atoms with E-state index in [9.17, 15) is 18.0 Å². The Morgan fingerprint density at radius 2 is 2.06 bits per heavy atom. The number of carbonyl (C=O) groups excluding carboxylic acids is 1. The van der Waals surface area contributed by atoms with Crippen molar-refractivity contribution in [2.75, 3.05) is 12.3 Å². The first kappa shape index (κ1) is 20.3. The number of carbonyl (C=O) groups is 1. The van der Waals surface area contributed by atoms with Crippen LogP contribution in [0.25, 0.3) is 21.9 Å². The average Bonchev–Trinajstić information content (AvgIpc) is 3.37. The van der Waals surface area contributed by atoms with Gasteiger partial charge < -0.3 is 15.6 Å². The molecule has 1 saturated heterocycles. The maximum absolute atomic E-state index is 13.8. The van der Waals surface area contributed by atoms with Crippen LogP contribution in [0.2, 0.25) is 0 Å². The number of fused-ring (bicyclic) bond motifs is 2. The summed E-state index contributed by atoms with van der Waals surface area (Å²) in [6, 6.07) is 7.96. The molecule has 4 N–H and O–H groups in total. The minimum Gasteiger partial charge on any atom is -0.383 e. The van der Waals surface area contributed by atoms with Crippen LogP contribution in [0.15, 0.2) is 30.3 Å².